The van der Waals surface area contributed by atoms with Crippen molar-refractivity contribution in [2.75, 3.05) is 13.1 Å². The number of amides is 2. The number of furan rings is 1. The van der Waals surface area contributed by atoms with Gasteiger partial charge in [-0.25, -0.2) is 4.79 Å². The van der Waals surface area contributed by atoms with E-state index in [1.807, 2.05) is 18.3 Å². The molecule has 0 bridgehead atoms. The lowest BCUT2D eigenvalue weighted by Crippen LogP contribution is -2.38. The van der Waals surface area contributed by atoms with Gasteiger partial charge in [0.1, 0.15) is 11.9 Å². The van der Waals surface area contributed by atoms with Gasteiger partial charge in [0.05, 0.1) is 12.8 Å². The fourth-order valence-electron chi connectivity index (χ4n) is 2.79. The van der Waals surface area contributed by atoms with Crippen molar-refractivity contribution in [3.63, 3.8) is 0 Å². The average molecular weight is 327 g/mol. The molecule has 1 aromatic carbocycles. The van der Waals surface area contributed by atoms with E-state index < -0.39 is 6.10 Å². The van der Waals surface area contributed by atoms with E-state index in [4.69, 9.17) is 4.42 Å². The number of hydrogen-bond acceptors (Lipinski definition) is 3. The molecule has 0 spiro atoms. The van der Waals surface area contributed by atoms with Gasteiger partial charge in [-0.1, -0.05) is 12.1 Å². The number of rotatable bonds is 6. The summed E-state index contributed by atoms with van der Waals surface area (Å²) in [5.41, 5.74) is 3.50. The van der Waals surface area contributed by atoms with Gasteiger partial charge < -0.3 is 25.1 Å². The number of H-pyrrole nitrogens is 1. The third-order valence-corrected chi connectivity index (χ3v) is 4.00. The van der Waals surface area contributed by atoms with Crippen molar-refractivity contribution in [3.05, 3.63) is 59.7 Å². The Labute approximate surface area is 139 Å². The van der Waals surface area contributed by atoms with E-state index in [1.165, 1.54) is 22.8 Å². The maximum atomic E-state index is 11.8. The number of aryl methyl sites for hydroxylation is 1. The van der Waals surface area contributed by atoms with E-state index in [1.54, 1.807) is 12.1 Å². The second-order valence-corrected chi connectivity index (χ2v) is 5.73. The number of urea groups is 1. The molecule has 3 rings (SSSR count). The largest absolute Gasteiger partial charge is 0.467 e. The Balaban J connectivity index is 1.46. The molecule has 2 amide bonds. The Morgan fingerprint density at radius 3 is 2.96 bits per heavy atom. The molecule has 2 aromatic heterocycles. The molecular weight excluding hydrogens is 306 g/mol. The number of fused-ring (bicyclic) bond motifs is 1. The molecule has 1 unspecified atom stereocenters. The first-order valence-electron chi connectivity index (χ1n) is 7.94. The predicted octanol–water partition coefficient (Wildman–Crippen LogP) is 2.64. The number of aliphatic hydroxyl groups is 1. The first-order chi connectivity index (χ1) is 11.6. The van der Waals surface area contributed by atoms with E-state index in [0.29, 0.717) is 12.3 Å². The first-order valence-corrected chi connectivity index (χ1v) is 7.94. The second kappa shape index (κ2) is 7.23. The van der Waals surface area contributed by atoms with Crippen LogP contribution in [0.2, 0.25) is 0 Å². The topological polar surface area (TPSA) is 90.3 Å². The molecule has 3 aromatic rings. The van der Waals surface area contributed by atoms with E-state index in [-0.39, 0.29) is 12.6 Å². The van der Waals surface area contributed by atoms with Crippen molar-refractivity contribution < 1.29 is 14.3 Å². The average Bonchev–Trinajstić information content (AvgIpc) is 3.23. The van der Waals surface area contributed by atoms with E-state index in [2.05, 4.69) is 28.6 Å². The lowest BCUT2D eigenvalue weighted by molar-refractivity contribution is 0.148. The van der Waals surface area contributed by atoms with Gasteiger partial charge in [-0.05, 0) is 42.7 Å². The molecule has 6 nitrogen and oxygen atoms in total. The van der Waals surface area contributed by atoms with E-state index in [0.717, 1.165) is 11.9 Å². The van der Waals surface area contributed by atoms with Crippen molar-refractivity contribution in [1.82, 2.24) is 15.6 Å². The number of nitrogens with one attached hydrogen (secondary N) is 3. The minimum Gasteiger partial charge on any atom is -0.467 e. The molecule has 0 fully saturated rings. The molecule has 0 saturated carbocycles. The van der Waals surface area contributed by atoms with Crippen molar-refractivity contribution in [3.8, 4) is 0 Å². The summed E-state index contributed by atoms with van der Waals surface area (Å²) in [5.74, 6) is 0.435. The van der Waals surface area contributed by atoms with E-state index in [9.17, 15) is 9.90 Å². The fraction of sp³-hybridized carbons (Fsp3) is 0.278. The summed E-state index contributed by atoms with van der Waals surface area (Å²) in [4.78, 5) is 15.1. The highest BCUT2D eigenvalue weighted by Gasteiger charge is 2.12. The number of hydrogen-bond donors (Lipinski definition) is 4. The molecule has 24 heavy (non-hydrogen) atoms. The molecule has 0 radical (unpaired) electrons. The summed E-state index contributed by atoms with van der Waals surface area (Å²) in [5, 5.41) is 16.5. The molecule has 0 aliphatic heterocycles. The van der Waals surface area contributed by atoms with Gasteiger partial charge in [-0.3, -0.25) is 0 Å². The summed E-state index contributed by atoms with van der Waals surface area (Å²) in [6.07, 6.45) is 3.36. The Morgan fingerprint density at radius 2 is 2.17 bits per heavy atom. The molecule has 0 saturated heterocycles. The van der Waals surface area contributed by atoms with Crippen LogP contribution in [0.5, 0.6) is 0 Å². The molecule has 6 heteroatoms. The maximum Gasteiger partial charge on any atom is 0.314 e. The second-order valence-electron chi connectivity index (χ2n) is 5.73. The van der Waals surface area contributed by atoms with Crippen LogP contribution in [0.25, 0.3) is 10.9 Å². The van der Waals surface area contributed by atoms with Gasteiger partial charge in [0.2, 0.25) is 0 Å². The Bertz CT molecular complexity index is 808. The van der Waals surface area contributed by atoms with Gasteiger partial charge in [0.15, 0.2) is 0 Å². The summed E-state index contributed by atoms with van der Waals surface area (Å²) >= 11 is 0. The first kappa shape index (κ1) is 16.1. The standard InChI is InChI=1S/C18H21N3O3/c1-12-4-2-5-14-17(12)13(10-20-14)7-8-19-18(23)21-11-15(22)16-6-3-9-24-16/h2-6,9-10,15,20,22H,7-8,11H2,1H3,(H2,19,21,23). The zero-order valence-electron chi connectivity index (χ0n) is 13.5. The SMILES string of the molecule is Cc1cccc2[nH]cc(CCNC(=O)NCC(O)c3ccco3)c12. The molecule has 0 aliphatic rings. The minimum atomic E-state index is -0.845. The van der Waals surface area contributed by atoms with Crippen LogP contribution in [0.1, 0.15) is 23.0 Å². The van der Waals surface area contributed by atoms with Crippen molar-refractivity contribution in [1.29, 1.82) is 0 Å². The summed E-state index contributed by atoms with van der Waals surface area (Å²) < 4.78 is 5.08. The van der Waals surface area contributed by atoms with Gasteiger partial charge in [-0.15, -0.1) is 0 Å². The Morgan fingerprint density at radius 1 is 1.29 bits per heavy atom. The van der Waals surface area contributed by atoms with Gasteiger partial charge in [0, 0.05) is 23.6 Å². The fourth-order valence-corrected chi connectivity index (χ4v) is 2.79. The van der Waals surface area contributed by atoms with Crippen LogP contribution in [0, 0.1) is 6.92 Å². The predicted molar refractivity (Wildman–Crippen MR) is 91.8 cm³/mol. The van der Waals surface area contributed by atoms with Crippen LogP contribution >= 0.6 is 0 Å². The smallest absolute Gasteiger partial charge is 0.314 e. The van der Waals surface area contributed by atoms with Crippen LogP contribution in [0.3, 0.4) is 0 Å². The van der Waals surface area contributed by atoms with Crippen molar-refractivity contribution >= 4 is 16.9 Å². The van der Waals surface area contributed by atoms with Crippen LogP contribution in [0.4, 0.5) is 4.79 Å². The monoisotopic (exact) mass is 327 g/mol. The minimum absolute atomic E-state index is 0.103. The lowest BCUT2D eigenvalue weighted by Gasteiger charge is -2.10. The number of aromatic amines is 1. The zero-order valence-corrected chi connectivity index (χ0v) is 13.5. The van der Waals surface area contributed by atoms with Crippen LogP contribution in [0.15, 0.2) is 47.2 Å². The van der Waals surface area contributed by atoms with Crippen LogP contribution < -0.4 is 10.6 Å². The molecule has 1 atom stereocenters. The number of carbonyl (C=O) groups excluding carboxylic acids is 1. The lowest BCUT2D eigenvalue weighted by atomic mass is 10.1. The highest BCUT2D eigenvalue weighted by atomic mass is 16.4. The number of aromatic nitrogens is 1. The van der Waals surface area contributed by atoms with Crippen molar-refractivity contribution in [2.45, 2.75) is 19.4 Å². The summed E-state index contributed by atoms with van der Waals surface area (Å²) in [7, 11) is 0. The third-order valence-electron chi connectivity index (χ3n) is 4.00. The number of aliphatic hydroxyl groups excluding tert-OH is 1. The zero-order chi connectivity index (χ0) is 16.9. The number of carbonyl (C=O) groups is 1. The van der Waals surface area contributed by atoms with Crippen LogP contribution in [-0.2, 0) is 6.42 Å². The Kier molecular flexibility index (Phi) is 4.86. The molecule has 2 heterocycles. The normalized spacial score (nSPS) is 12.2. The third kappa shape index (κ3) is 3.60. The molecular formula is C18H21N3O3. The molecule has 4 N–H and O–H groups in total. The maximum absolute atomic E-state index is 11.8. The Hall–Kier alpha value is -2.73. The molecule has 0 aliphatic carbocycles. The van der Waals surface area contributed by atoms with Crippen LogP contribution in [-0.4, -0.2) is 29.2 Å². The quantitative estimate of drug-likeness (QED) is 0.561. The summed E-state index contributed by atoms with van der Waals surface area (Å²) in [6.45, 7) is 2.70. The van der Waals surface area contributed by atoms with Crippen molar-refractivity contribution in [2.24, 2.45) is 0 Å². The highest BCUT2D eigenvalue weighted by molar-refractivity contribution is 5.86. The van der Waals surface area contributed by atoms with E-state index >= 15 is 0 Å². The van der Waals surface area contributed by atoms with Gasteiger partial charge >= 0.3 is 6.03 Å². The van der Waals surface area contributed by atoms with Gasteiger partial charge in [-0.2, -0.15) is 0 Å². The molecule has 126 valence electrons. The van der Waals surface area contributed by atoms with Gasteiger partial charge in [0.25, 0.3) is 0 Å². The summed E-state index contributed by atoms with van der Waals surface area (Å²) in [6, 6.07) is 9.20. The number of benzene rings is 1. The highest BCUT2D eigenvalue weighted by Crippen LogP contribution is 2.22.